The Labute approximate surface area is 180 Å². The number of carbonyl (C=O) groups excluding carboxylic acids is 3. The van der Waals surface area contributed by atoms with Gasteiger partial charge in [0.2, 0.25) is 5.91 Å². The molecule has 9 heteroatoms. The molecule has 1 aliphatic rings. The molecule has 166 valence electrons. The van der Waals surface area contributed by atoms with Crippen LogP contribution in [0.3, 0.4) is 0 Å². The summed E-state index contributed by atoms with van der Waals surface area (Å²) >= 11 is 0. The number of carbonyl (C=O) groups is 3. The van der Waals surface area contributed by atoms with Crippen molar-refractivity contribution in [2.45, 2.75) is 25.8 Å². The highest BCUT2D eigenvalue weighted by molar-refractivity contribution is 5.99. The largest absolute Gasteiger partial charge is 0.493 e. The Morgan fingerprint density at radius 3 is 2.61 bits per heavy atom. The third-order valence-corrected chi connectivity index (χ3v) is 5.14. The summed E-state index contributed by atoms with van der Waals surface area (Å²) in [5.74, 6) is -0.0230. The molecule has 2 heterocycles. The van der Waals surface area contributed by atoms with Crippen LogP contribution in [0.2, 0.25) is 0 Å². The molecule has 1 fully saturated rings. The second kappa shape index (κ2) is 10.0. The van der Waals surface area contributed by atoms with E-state index in [-0.39, 0.29) is 24.3 Å². The van der Waals surface area contributed by atoms with Crippen LogP contribution in [0.15, 0.2) is 30.4 Å². The van der Waals surface area contributed by atoms with Crippen LogP contribution in [-0.2, 0) is 14.3 Å². The highest BCUT2D eigenvalue weighted by atomic mass is 16.5. The fourth-order valence-corrected chi connectivity index (χ4v) is 3.57. The van der Waals surface area contributed by atoms with Crippen molar-refractivity contribution in [2.24, 2.45) is 5.92 Å². The van der Waals surface area contributed by atoms with Crippen LogP contribution in [0, 0.1) is 5.92 Å². The van der Waals surface area contributed by atoms with E-state index in [4.69, 9.17) is 14.2 Å². The number of ether oxygens (including phenoxy) is 3. The van der Waals surface area contributed by atoms with Gasteiger partial charge in [-0.05, 0) is 31.9 Å². The maximum Gasteiger partial charge on any atom is 0.330 e. The summed E-state index contributed by atoms with van der Waals surface area (Å²) in [5, 5.41) is 6.46. The van der Waals surface area contributed by atoms with Crippen LogP contribution < -0.4 is 20.1 Å². The predicted molar refractivity (Wildman–Crippen MR) is 114 cm³/mol. The van der Waals surface area contributed by atoms with E-state index in [1.54, 1.807) is 45.4 Å². The lowest BCUT2D eigenvalue weighted by atomic mass is 9.98. The summed E-state index contributed by atoms with van der Waals surface area (Å²) < 4.78 is 15.5. The van der Waals surface area contributed by atoms with Crippen molar-refractivity contribution in [1.82, 2.24) is 15.6 Å². The fraction of sp³-hybridized carbons (Fsp3) is 0.409. The minimum atomic E-state index is -0.513. The van der Waals surface area contributed by atoms with Gasteiger partial charge < -0.3 is 29.8 Å². The number of H-pyrrole nitrogens is 1. The van der Waals surface area contributed by atoms with Crippen LogP contribution in [0.4, 0.5) is 0 Å². The summed E-state index contributed by atoms with van der Waals surface area (Å²) in [6.45, 7) is 2.58. The Balaban J connectivity index is 1.79. The second-order valence-corrected chi connectivity index (χ2v) is 7.18. The number of benzene rings is 1. The number of hydrogen-bond acceptors (Lipinski definition) is 6. The molecule has 9 nitrogen and oxygen atoms in total. The van der Waals surface area contributed by atoms with Crippen LogP contribution in [0.5, 0.6) is 11.5 Å². The molecule has 0 saturated carbocycles. The molecule has 2 aromatic rings. The van der Waals surface area contributed by atoms with Crippen LogP contribution >= 0.6 is 0 Å². The summed E-state index contributed by atoms with van der Waals surface area (Å²) in [6, 6.07) is 4.73. The van der Waals surface area contributed by atoms with Crippen molar-refractivity contribution < 1.29 is 28.6 Å². The van der Waals surface area contributed by atoms with Crippen LogP contribution in [0.1, 0.15) is 30.3 Å². The monoisotopic (exact) mass is 429 g/mol. The van der Waals surface area contributed by atoms with Gasteiger partial charge in [-0.3, -0.25) is 9.59 Å². The molecule has 2 amide bonds. The average molecular weight is 429 g/mol. The standard InChI is InChI=1S/C22H27N3O6/c1-4-31-20(26)6-5-15(9-13-7-8-23-21(13)27)24-22(28)17-10-14-11-18(29-2)19(30-3)12-16(14)25-17/h5-6,10-13,15,25H,4,7-9H2,1-3H3,(H,23,27)(H,24,28)/b6-5+/t13-,15+/m0/s1. The van der Waals surface area contributed by atoms with Gasteiger partial charge in [0.1, 0.15) is 5.69 Å². The molecule has 0 bridgehead atoms. The van der Waals surface area contributed by atoms with Gasteiger partial charge in [0, 0.05) is 41.5 Å². The predicted octanol–water partition coefficient (Wildman–Crippen LogP) is 1.93. The smallest absolute Gasteiger partial charge is 0.330 e. The number of amides is 2. The van der Waals surface area contributed by atoms with Gasteiger partial charge >= 0.3 is 5.97 Å². The van der Waals surface area contributed by atoms with Gasteiger partial charge in [0.15, 0.2) is 11.5 Å². The summed E-state index contributed by atoms with van der Waals surface area (Å²) in [7, 11) is 3.09. The molecular weight excluding hydrogens is 402 g/mol. The molecular formula is C22H27N3O6. The third-order valence-electron chi connectivity index (χ3n) is 5.14. The first-order valence-electron chi connectivity index (χ1n) is 10.1. The maximum atomic E-state index is 12.9. The molecule has 1 aliphatic heterocycles. The zero-order valence-electron chi connectivity index (χ0n) is 17.8. The maximum absolute atomic E-state index is 12.9. The molecule has 3 N–H and O–H groups in total. The van der Waals surface area contributed by atoms with Crippen molar-refractivity contribution in [1.29, 1.82) is 0 Å². The normalized spacial score (nSPS) is 16.9. The SMILES string of the molecule is CCOC(=O)/C=C/[C@H](C[C@@H]1CCNC1=O)NC(=O)c1cc2cc(OC)c(OC)cc2[nH]1. The Hall–Kier alpha value is -3.49. The number of hydrogen-bond donors (Lipinski definition) is 3. The minimum Gasteiger partial charge on any atom is -0.493 e. The van der Waals surface area contributed by atoms with Gasteiger partial charge in [-0.2, -0.15) is 0 Å². The Morgan fingerprint density at radius 2 is 1.97 bits per heavy atom. The fourth-order valence-electron chi connectivity index (χ4n) is 3.57. The highest BCUT2D eigenvalue weighted by Crippen LogP contribution is 2.32. The first kappa shape index (κ1) is 22.2. The number of fused-ring (bicyclic) bond motifs is 1. The van der Waals surface area contributed by atoms with Crippen molar-refractivity contribution in [2.75, 3.05) is 27.4 Å². The van der Waals surface area contributed by atoms with Gasteiger partial charge in [-0.1, -0.05) is 6.08 Å². The van der Waals surface area contributed by atoms with Crippen LogP contribution in [0.25, 0.3) is 10.9 Å². The molecule has 2 atom stereocenters. The average Bonchev–Trinajstić information content (AvgIpc) is 3.36. The van der Waals surface area contributed by atoms with Crippen LogP contribution in [-0.4, -0.2) is 56.2 Å². The second-order valence-electron chi connectivity index (χ2n) is 7.18. The molecule has 0 aliphatic carbocycles. The van der Waals surface area contributed by atoms with Gasteiger partial charge in [0.25, 0.3) is 5.91 Å². The van der Waals surface area contributed by atoms with E-state index >= 15 is 0 Å². The number of nitrogens with one attached hydrogen (secondary N) is 3. The first-order chi connectivity index (χ1) is 14.9. The molecule has 1 aromatic carbocycles. The van der Waals surface area contributed by atoms with E-state index in [2.05, 4.69) is 15.6 Å². The van der Waals surface area contributed by atoms with E-state index in [9.17, 15) is 14.4 Å². The molecule has 31 heavy (non-hydrogen) atoms. The van der Waals surface area contributed by atoms with E-state index < -0.39 is 12.0 Å². The lowest BCUT2D eigenvalue weighted by Crippen LogP contribution is -2.36. The van der Waals surface area contributed by atoms with Crippen molar-refractivity contribution in [3.63, 3.8) is 0 Å². The zero-order chi connectivity index (χ0) is 22.4. The Kier molecular flexibility index (Phi) is 7.17. The van der Waals surface area contributed by atoms with E-state index in [0.717, 1.165) is 10.9 Å². The molecule has 0 radical (unpaired) electrons. The lowest BCUT2D eigenvalue weighted by molar-refractivity contribution is -0.137. The van der Waals surface area contributed by atoms with Gasteiger partial charge in [-0.15, -0.1) is 0 Å². The summed E-state index contributed by atoms with van der Waals surface area (Å²) in [5.41, 5.74) is 1.06. The van der Waals surface area contributed by atoms with E-state index in [0.29, 0.717) is 36.6 Å². The number of esters is 1. The molecule has 0 spiro atoms. The lowest BCUT2D eigenvalue weighted by Gasteiger charge is -2.17. The zero-order valence-corrected chi connectivity index (χ0v) is 17.8. The number of aromatic nitrogens is 1. The van der Waals surface area contributed by atoms with Gasteiger partial charge in [0.05, 0.1) is 20.8 Å². The number of aromatic amines is 1. The van der Waals surface area contributed by atoms with E-state index in [1.807, 2.05) is 0 Å². The van der Waals surface area contributed by atoms with Gasteiger partial charge in [-0.25, -0.2) is 4.79 Å². The highest BCUT2D eigenvalue weighted by Gasteiger charge is 2.27. The summed E-state index contributed by atoms with van der Waals surface area (Å²) in [4.78, 5) is 39.7. The minimum absolute atomic E-state index is 0.0476. The Bertz CT molecular complexity index is 956. The van der Waals surface area contributed by atoms with E-state index in [1.165, 1.54) is 6.08 Å². The molecule has 3 rings (SSSR count). The quantitative estimate of drug-likeness (QED) is 0.414. The van der Waals surface area contributed by atoms with Crippen molar-refractivity contribution in [3.05, 3.63) is 36.0 Å². The van der Waals surface area contributed by atoms with Crippen molar-refractivity contribution >= 4 is 28.7 Å². The molecule has 1 aromatic heterocycles. The summed E-state index contributed by atoms with van der Waals surface area (Å²) in [6.07, 6.45) is 3.91. The Morgan fingerprint density at radius 1 is 1.23 bits per heavy atom. The molecule has 1 saturated heterocycles. The topological polar surface area (TPSA) is 119 Å². The number of rotatable bonds is 9. The molecule has 0 unspecified atom stereocenters. The number of methoxy groups -OCH3 is 2. The third kappa shape index (κ3) is 5.36. The first-order valence-corrected chi connectivity index (χ1v) is 10.1. The van der Waals surface area contributed by atoms with Crippen molar-refractivity contribution in [3.8, 4) is 11.5 Å².